The normalized spacial score (nSPS) is 10.8. The smallest absolute Gasteiger partial charge is 0.270 e. The number of hydrogen-bond acceptors (Lipinski definition) is 4. The number of carbonyl (C=O) groups excluding carboxylic acids is 1. The molecule has 3 aromatic rings. The van der Waals surface area contributed by atoms with Gasteiger partial charge in [-0.05, 0) is 42.4 Å². The molecular formula is C20H21N3O2S. The number of nitrogens with one attached hydrogen (secondary N) is 1. The molecule has 134 valence electrons. The molecule has 3 rings (SSSR count). The van der Waals surface area contributed by atoms with Crippen molar-refractivity contribution >= 4 is 23.3 Å². The van der Waals surface area contributed by atoms with Crippen molar-refractivity contribution in [2.24, 2.45) is 0 Å². The summed E-state index contributed by atoms with van der Waals surface area (Å²) in [6.45, 7) is 2.66. The van der Waals surface area contributed by atoms with Gasteiger partial charge >= 0.3 is 0 Å². The van der Waals surface area contributed by atoms with Crippen molar-refractivity contribution in [1.82, 2.24) is 14.7 Å². The highest BCUT2D eigenvalue weighted by molar-refractivity contribution is 7.98. The molecule has 1 amide bonds. The van der Waals surface area contributed by atoms with Crippen LogP contribution in [0, 0.1) is 6.92 Å². The molecule has 0 aliphatic heterocycles. The molecule has 1 N–H and O–H groups in total. The van der Waals surface area contributed by atoms with Gasteiger partial charge in [0, 0.05) is 24.7 Å². The van der Waals surface area contributed by atoms with Gasteiger partial charge in [-0.25, -0.2) is 4.98 Å². The molecule has 6 heteroatoms. The lowest BCUT2D eigenvalue weighted by Crippen LogP contribution is -2.32. The number of thioether (sulfide) groups is 1. The summed E-state index contributed by atoms with van der Waals surface area (Å²) in [5.74, 6) is 1.55. The van der Waals surface area contributed by atoms with Crippen LogP contribution in [0.5, 0.6) is 0 Å². The fraction of sp³-hybridized carbons (Fsp3) is 0.250. The fourth-order valence-corrected chi connectivity index (χ4v) is 3.64. The first-order chi connectivity index (χ1) is 12.7. The maximum atomic E-state index is 12.4. The Hall–Kier alpha value is -2.60. The third-order valence-electron chi connectivity index (χ3n) is 4.13. The van der Waals surface area contributed by atoms with Crippen LogP contribution < -0.4 is 10.9 Å². The number of aryl methyl sites for hydroxylation is 1. The number of aromatic nitrogens is 2. The van der Waals surface area contributed by atoms with Crippen molar-refractivity contribution in [2.45, 2.75) is 19.1 Å². The van der Waals surface area contributed by atoms with Crippen molar-refractivity contribution in [3.05, 3.63) is 81.9 Å². The van der Waals surface area contributed by atoms with Gasteiger partial charge in [-0.15, -0.1) is 0 Å². The third-order valence-corrected chi connectivity index (χ3v) is 5.22. The molecule has 0 unspecified atom stereocenters. The lowest BCUT2D eigenvalue weighted by atomic mass is 10.1. The summed E-state index contributed by atoms with van der Waals surface area (Å²) in [5.41, 5.74) is 2.90. The number of carbonyl (C=O) groups is 1. The lowest BCUT2D eigenvalue weighted by molar-refractivity contribution is 0.0951. The van der Waals surface area contributed by atoms with Gasteiger partial charge in [0.05, 0.1) is 0 Å². The molecule has 1 aromatic carbocycles. The summed E-state index contributed by atoms with van der Waals surface area (Å²) >= 11 is 1.84. The molecule has 2 aromatic heterocycles. The van der Waals surface area contributed by atoms with Crippen LogP contribution in [0.2, 0.25) is 0 Å². The van der Waals surface area contributed by atoms with E-state index in [1.807, 2.05) is 17.8 Å². The number of fused-ring (bicyclic) bond motifs is 1. The van der Waals surface area contributed by atoms with Crippen molar-refractivity contribution in [3.63, 3.8) is 0 Å². The van der Waals surface area contributed by atoms with Gasteiger partial charge in [0.1, 0.15) is 11.2 Å². The van der Waals surface area contributed by atoms with Crippen molar-refractivity contribution < 1.29 is 4.79 Å². The maximum absolute atomic E-state index is 12.4. The predicted octanol–water partition coefficient (Wildman–Crippen LogP) is 3.06. The summed E-state index contributed by atoms with van der Waals surface area (Å²) in [4.78, 5) is 28.7. The Balaban J connectivity index is 1.47. The van der Waals surface area contributed by atoms with E-state index in [1.54, 1.807) is 24.4 Å². The van der Waals surface area contributed by atoms with E-state index in [2.05, 4.69) is 35.4 Å². The highest BCUT2D eigenvalue weighted by Crippen LogP contribution is 2.16. The molecular weight excluding hydrogens is 346 g/mol. The molecule has 2 heterocycles. The Labute approximate surface area is 156 Å². The van der Waals surface area contributed by atoms with Gasteiger partial charge in [-0.2, -0.15) is 11.8 Å². The first kappa shape index (κ1) is 18.2. The van der Waals surface area contributed by atoms with E-state index in [-0.39, 0.29) is 17.0 Å². The first-order valence-corrected chi connectivity index (χ1v) is 9.69. The highest BCUT2D eigenvalue weighted by Gasteiger charge is 2.12. The zero-order chi connectivity index (χ0) is 18.4. The second kappa shape index (κ2) is 8.67. The van der Waals surface area contributed by atoms with E-state index in [0.29, 0.717) is 12.2 Å². The van der Waals surface area contributed by atoms with Crippen LogP contribution in [0.15, 0.2) is 59.7 Å². The predicted molar refractivity (Wildman–Crippen MR) is 106 cm³/mol. The van der Waals surface area contributed by atoms with Gasteiger partial charge in [-0.3, -0.25) is 14.0 Å². The van der Waals surface area contributed by atoms with Gasteiger partial charge in [0.15, 0.2) is 0 Å². The minimum absolute atomic E-state index is 0.0706. The average molecular weight is 367 g/mol. The first-order valence-electron chi connectivity index (χ1n) is 8.53. The standard InChI is InChI=1S/C20H21N3O2S/c1-15-7-2-3-8-16(15)14-26-12-6-10-21-19(24)17-13-22-18-9-4-5-11-23(18)20(17)25/h2-5,7-9,11,13H,6,10,12,14H2,1H3,(H,21,24). The molecule has 0 aliphatic carbocycles. The van der Waals surface area contributed by atoms with Crippen molar-refractivity contribution in [1.29, 1.82) is 0 Å². The number of rotatable bonds is 7. The summed E-state index contributed by atoms with van der Waals surface area (Å²) in [7, 11) is 0. The Kier molecular flexibility index (Phi) is 6.07. The molecule has 0 fully saturated rings. The van der Waals surface area contributed by atoms with Crippen LogP contribution >= 0.6 is 11.8 Å². The quantitative estimate of drug-likeness (QED) is 0.652. The molecule has 0 atom stereocenters. The number of hydrogen-bond donors (Lipinski definition) is 1. The van der Waals surface area contributed by atoms with Crippen LogP contribution in [-0.2, 0) is 5.75 Å². The van der Waals surface area contributed by atoms with Gasteiger partial charge in [-0.1, -0.05) is 30.3 Å². The van der Waals surface area contributed by atoms with Crippen LogP contribution in [0.25, 0.3) is 5.65 Å². The van der Waals surface area contributed by atoms with E-state index in [4.69, 9.17) is 0 Å². The number of benzene rings is 1. The van der Waals surface area contributed by atoms with Crippen LogP contribution in [0.1, 0.15) is 27.9 Å². The Bertz CT molecular complexity index is 968. The van der Waals surface area contributed by atoms with Crippen LogP contribution in [0.4, 0.5) is 0 Å². The molecule has 0 saturated carbocycles. The molecule has 0 saturated heterocycles. The summed E-state index contributed by atoms with van der Waals surface area (Å²) in [6, 6.07) is 13.6. The average Bonchev–Trinajstić information content (AvgIpc) is 2.66. The molecule has 0 aliphatic rings. The summed E-state index contributed by atoms with van der Waals surface area (Å²) < 4.78 is 1.38. The molecule has 5 nitrogen and oxygen atoms in total. The van der Waals surface area contributed by atoms with E-state index in [9.17, 15) is 9.59 Å². The molecule has 26 heavy (non-hydrogen) atoms. The SMILES string of the molecule is Cc1ccccc1CSCCCNC(=O)c1cnc2ccccn2c1=O. The largest absolute Gasteiger partial charge is 0.352 e. The molecule has 0 bridgehead atoms. The maximum Gasteiger partial charge on any atom is 0.270 e. The van der Waals surface area contributed by atoms with Crippen LogP contribution in [0.3, 0.4) is 0 Å². The van der Waals surface area contributed by atoms with E-state index >= 15 is 0 Å². The Morgan fingerprint density at radius 1 is 1.19 bits per heavy atom. The van der Waals surface area contributed by atoms with Crippen molar-refractivity contribution in [3.8, 4) is 0 Å². The monoisotopic (exact) mass is 367 g/mol. The van der Waals surface area contributed by atoms with Gasteiger partial charge in [0.25, 0.3) is 11.5 Å². The third kappa shape index (κ3) is 4.32. The topological polar surface area (TPSA) is 63.5 Å². The van der Waals surface area contributed by atoms with E-state index in [1.165, 1.54) is 21.7 Å². The fourth-order valence-electron chi connectivity index (χ4n) is 2.61. The van der Waals surface area contributed by atoms with Gasteiger partial charge in [0.2, 0.25) is 0 Å². The zero-order valence-corrected chi connectivity index (χ0v) is 15.5. The minimum atomic E-state index is -0.371. The van der Waals surface area contributed by atoms with Gasteiger partial charge < -0.3 is 5.32 Å². The molecule has 0 spiro atoms. The Morgan fingerprint density at radius 3 is 2.85 bits per heavy atom. The van der Waals surface area contributed by atoms with E-state index in [0.717, 1.165) is 17.9 Å². The number of nitrogens with zero attached hydrogens (tertiary/aromatic N) is 2. The van der Waals surface area contributed by atoms with Crippen molar-refractivity contribution in [2.75, 3.05) is 12.3 Å². The zero-order valence-electron chi connectivity index (χ0n) is 14.6. The summed E-state index contributed by atoms with van der Waals surface area (Å²) in [6.07, 6.45) is 3.81. The molecule has 0 radical (unpaired) electrons. The number of pyridine rings is 1. The Morgan fingerprint density at radius 2 is 2.00 bits per heavy atom. The van der Waals surface area contributed by atoms with E-state index < -0.39 is 0 Å². The lowest BCUT2D eigenvalue weighted by Gasteiger charge is -2.07. The minimum Gasteiger partial charge on any atom is -0.352 e. The number of amides is 1. The highest BCUT2D eigenvalue weighted by atomic mass is 32.2. The second-order valence-corrected chi connectivity index (χ2v) is 7.10. The second-order valence-electron chi connectivity index (χ2n) is 5.99. The summed E-state index contributed by atoms with van der Waals surface area (Å²) in [5, 5.41) is 2.81. The van der Waals surface area contributed by atoms with Crippen LogP contribution in [-0.4, -0.2) is 27.6 Å².